The highest BCUT2D eigenvalue weighted by Crippen LogP contribution is 2.23. The number of ether oxygens (including phenoxy) is 2. The molecule has 0 aliphatic heterocycles. The van der Waals surface area contributed by atoms with Gasteiger partial charge in [0.25, 0.3) is 0 Å². The fourth-order valence-electron chi connectivity index (χ4n) is 2.78. The lowest BCUT2D eigenvalue weighted by Crippen LogP contribution is -2.54. The van der Waals surface area contributed by atoms with Crippen molar-refractivity contribution in [3.05, 3.63) is 28.8 Å². The molecular weight excluding hydrogens is 294 g/mol. The molecule has 1 aromatic rings. The molecule has 23 heavy (non-hydrogen) atoms. The monoisotopic (exact) mass is 321 g/mol. The van der Waals surface area contributed by atoms with Gasteiger partial charge in [0.2, 0.25) is 5.91 Å². The Hall–Kier alpha value is -2.04. The maximum Gasteiger partial charge on any atom is 0.331 e. The lowest BCUT2D eigenvalue weighted by Gasteiger charge is -2.30. The largest absolute Gasteiger partial charge is 0.497 e. The Bertz CT molecular complexity index is 553. The van der Waals surface area contributed by atoms with Crippen molar-refractivity contribution in [2.24, 2.45) is 0 Å². The molecule has 5 heteroatoms. The second-order valence-electron chi connectivity index (χ2n) is 5.75. The number of hydrogen-bond donors (Lipinski definition) is 1. The maximum atomic E-state index is 12.5. The second kappa shape index (κ2) is 7.99. The molecule has 0 saturated heterocycles. The van der Waals surface area contributed by atoms with E-state index in [4.69, 9.17) is 9.47 Å². The first-order valence-electron chi connectivity index (χ1n) is 7.87. The Labute approximate surface area is 138 Å². The molecule has 0 heterocycles. The number of nitrogens with one attached hydrogen (secondary N) is 1. The van der Waals surface area contributed by atoms with E-state index in [1.807, 2.05) is 39.8 Å². The quantitative estimate of drug-likeness (QED) is 0.784. The number of aryl methyl sites for hydroxylation is 2. The minimum Gasteiger partial charge on any atom is -0.497 e. The molecule has 0 bridgehead atoms. The predicted molar refractivity (Wildman–Crippen MR) is 89.6 cm³/mol. The summed E-state index contributed by atoms with van der Waals surface area (Å²) in [5.41, 5.74) is 1.98. The molecule has 5 nitrogen and oxygen atoms in total. The van der Waals surface area contributed by atoms with E-state index in [0.29, 0.717) is 12.8 Å². The molecule has 0 saturated carbocycles. The normalized spacial score (nSPS) is 11.0. The van der Waals surface area contributed by atoms with Crippen LogP contribution in [0.5, 0.6) is 5.75 Å². The molecule has 0 aromatic heterocycles. The van der Waals surface area contributed by atoms with E-state index < -0.39 is 11.5 Å². The van der Waals surface area contributed by atoms with Crippen LogP contribution in [0.2, 0.25) is 0 Å². The average molecular weight is 321 g/mol. The van der Waals surface area contributed by atoms with Crippen molar-refractivity contribution < 1.29 is 19.1 Å². The van der Waals surface area contributed by atoms with Gasteiger partial charge in [-0.15, -0.1) is 0 Å². The van der Waals surface area contributed by atoms with Crippen LogP contribution in [-0.2, 0) is 20.7 Å². The van der Waals surface area contributed by atoms with Gasteiger partial charge >= 0.3 is 5.97 Å². The summed E-state index contributed by atoms with van der Waals surface area (Å²) in [7, 11) is 2.96. The summed E-state index contributed by atoms with van der Waals surface area (Å²) >= 11 is 0. The van der Waals surface area contributed by atoms with Gasteiger partial charge < -0.3 is 14.8 Å². The number of rotatable bonds is 7. The number of hydrogen-bond acceptors (Lipinski definition) is 4. The number of methoxy groups -OCH3 is 2. The molecule has 1 amide bonds. The Morgan fingerprint density at radius 3 is 2.00 bits per heavy atom. The fraction of sp³-hybridized carbons (Fsp3) is 0.556. The number of carbonyl (C=O) groups is 2. The topological polar surface area (TPSA) is 64.6 Å². The molecule has 0 unspecified atom stereocenters. The van der Waals surface area contributed by atoms with Crippen LogP contribution in [0.4, 0.5) is 0 Å². The second-order valence-corrected chi connectivity index (χ2v) is 5.75. The third-order valence-electron chi connectivity index (χ3n) is 4.40. The summed E-state index contributed by atoms with van der Waals surface area (Å²) in [6.45, 7) is 7.63. The fourth-order valence-corrected chi connectivity index (χ4v) is 2.78. The van der Waals surface area contributed by atoms with Crippen LogP contribution < -0.4 is 10.1 Å². The molecule has 1 rings (SSSR count). The third kappa shape index (κ3) is 4.24. The molecule has 0 spiro atoms. The van der Waals surface area contributed by atoms with Gasteiger partial charge in [-0.05, 0) is 55.5 Å². The first-order valence-corrected chi connectivity index (χ1v) is 7.87. The Morgan fingerprint density at radius 2 is 1.61 bits per heavy atom. The minimum absolute atomic E-state index is 0.185. The molecule has 1 N–H and O–H groups in total. The summed E-state index contributed by atoms with van der Waals surface area (Å²) in [6, 6.07) is 3.81. The van der Waals surface area contributed by atoms with E-state index in [1.54, 1.807) is 7.11 Å². The maximum absolute atomic E-state index is 12.5. The van der Waals surface area contributed by atoms with Crippen molar-refractivity contribution in [1.29, 1.82) is 0 Å². The zero-order chi connectivity index (χ0) is 17.6. The minimum atomic E-state index is -0.958. The van der Waals surface area contributed by atoms with Crippen LogP contribution in [0.1, 0.15) is 43.4 Å². The van der Waals surface area contributed by atoms with Gasteiger partial charge in [-0.3, -0.25) is 4.79 Å². The summed E-state index contributed by atoms with van der Waals surface area (Å²) < 4.78 is 10.1. The SMILES string of the molecule is CCC(CC)(NC(=O)Cc1c(C)cc(OC)cc1C)C(=O)OC. The van der Waals surface area contributed by atoms with Crippen molar-refractivity contribution in [2.75, 3.05) is 14.2 Å². The van der Waals surface area contributed by atoms with Crippen LogP contribution in [-0.4, -0.2) is 31.6 Å². The molecule has 0 radical (unpaired) electrons. The summed E-state index contributed by atoms with van der Waals surface area (Å²) in [6.07, 6.45) is 1.20. The van der Waals surface area contributed by atoms with Crippen LogP contribution in [0, 0.1) is 13.8 Å². The van der Waals surface area contributed by atoms with Crippen LogP contribution >= 0.6 is 0 Å². The summed E-state index contributed by atoms with van der Waals surface area (Å²) in [4.78, 5) is 24.5. The lowest BCUT2D eigenvalue weighted by molar-refractivity contribution is -0.151. The Kier molecular flexibility index (Phi) is 6.61. The van der Waals surface area contributed by atoms with Crippen LogP contribution in [0.15, 0.2) is 12.1 Å². The first-order chi connectivity index (χ1) is 10.8. The van der Waals surface area contributed by atoms with Crippen molar-refractivity contribution in [3.63, 3.8) is 0 Å². The van der Waals surface area contributed by atoms with Gasteiger partial charge in [-0.1, -0.05) is 13.8 Å². The highest BCUT2D eigenvalue weighted by atomic mass is 16.5. The number of amides is 1. The van der Waals surface area contributed by atoms with Gasteiger partial charge in [0.15, 0.2) is 0 Å². The Morgan fingerprint density at radius 1 is 1.09 bits per heavy atom. The third-order valence-corrected chi connectivity index (χ3v) is 4.40. The van der Waals surface area contributed by atoms with E-state index in [1.165, 1.54) is 7.11 Å². The van der Waals surface area contributed by atoms with Crippen molar-refractivity contribution in [1.82, 2.24) is 5.32 Å². The zero-order valence-corrected chi connectivity index (χ0v) is 14.9. The van der Waals surface area contributed by atoms with E-state index in [-0.39, 0.29) is 12.3 Å². The van der Waals surface area contributed by atoms with Gasteiger partial charge in [0, 0.05) is 0 Å². The van der Waals surface area contributed by atoms with E-state index in [0.717, 1.165) is 22.4 Å². The Balaban J connectivity index is 2.98. The summed E-state index contributed by atoms with van der Waals surface area (Å²) in [5, 5.41) is 2.87. The molecule has 128 valence electrons. The van der Waals surface area contributed by atoms with Gasteiger partial charge in [-0.2, -0.15) is 0 Å². The highest BCUT2D eigenvalue weighted by molar-refractivity contribution is 5.89. The molecule has 0 fully saturated rings. The van der Waals surface area contributed by atoms with Gasteiger partial charge in [0.1, 0.15) is 11.3 Å². The molecule has 0 aliphatic rings. The van der Waals surface area contributed by atoms with Crippen LogP contribution in [0.3, 0.4) is 0 Å². The predicted octanol–water partition coefficient (Wildman–Crippen LogP) is 2.70. The molecular formula is C18H27NO4. The van der Waals surface area contributed by atoms with Gasteiger partial charge in [0.05, 0.1) is 20.6 Å². The summed E-state index contributed by atoms with van der Waals surface area (Å²) in [5.74, 6) is 0.185. The van der Waals surface area contributed by atoms with Gasteiger partial charge in [-0.25, -0.2) is 4.79 Å². The zero-order valence-electron chi connectivity index (χ0n) is 14.9. The number of esters is 1. The smallest absolute Gasteiger partial charge is 0.331 e. The van der Waals surface area contributed by atoms with Crippen molar-refractivity contribution in [3.8, 4) is 5.75 Å². The van der Waals surface area contributed by atoms with Crippen molar-refractivity contribution >= 4 is 11.9 Å². The van der Waals surface area contributed by atoms with E-state index in [9.17, 15) is 9.59 Å². The van der Waals surface area contributed by atoms with E-state index >= 15 is 0 Å². The standard InChI is InChI=1S/C18H27NO4/c1-7-18(8-2,17(21)23-6)19-16(20)11-15-12(3)9-14(22-5)10-13(15)4/h9-10H,7-8,11H2,1-6H3,(H,19,20). The number of benzene rings is 1. The first kappa shape index (κ1) is 19.0. The lowest BCUT2D eigenvalue weighted by atomic mass is 9.91. The molecule has 1 aromatic carbocycles. The highest BCUT2D eigenvalue weighted by Gasteiger charge is 2.37. The average Bonchev–Trinajstić information content (AvgIpc) is 2.55. The molecule has 0 aliphatic carbocycles. The molecule has 0 atom stereocenters. The van der Waals surface area contributed by atoms with Crippen molar-refractivity contribution in [2.45, 2.75) is 52.5 Å². The van der Waals surface area contributed by atoms with E-state index in [2.05, 4.69) is 5.32 Å². The number of carbonyl (C=O) groups excluding carboxylic acids is 2. The van der Waals surface area contributed by atoms with Crippen LogP contribution in [0.25, 0.3) is 0 Å².